The van der Waals surface area contributed by atoms with Gasteiger partial charge >= 0.3 is 0 Å². The Kier molecular flexibility index (Phi) is 9.24. The van der Waals surface area contributed by atoms with Crippen molar-refractivity contribution in [2.24, 2.45) is 5.73 Å². The molecule has 1 saturated heterocycles. The molecule has 10 nitrogen and oxygen atoms in total. The van der Waals surface area contributed by atoms with E-state index in [0.717, 1.165) is 0 Å². The van der Waals surface area contributed by atoms with Gasteiger partial charge in [-0.1, -0.05) is 0 Å². The van der Waals surface area contributed by atoms with Crippen LogP contribution in [0.2, 0.25) is 0 Å². The Balaban J connectivity index is 1.69. The lowest BCUT2D eigenvalue weighted by Gasteiger charge is -2.26. The number of hydrogen-bond donors (Lipinski definition) is 4. The fraction of sp³-hybridized carbons (Fsp3) is 0.458. The van der Waals surface area contributed by atoms with E-state index in [0.29, 0.717) is 37.2 Å². The van der Waals surface area contributed by atoms with Crippen LogP contribution in [0, 0.1) is 28.8 Å². The van der Waals surface area contributed by atoms with Gasteiger partial charge in [-0.3, -0.25) is 14.4 Å². The maximum Gasteiger partial charge on any atom is 0.242 e. The molecular weight excluding hydrogens is 491 g/mol. The first-order chi connectivity index (χ1) is 17.6. The van der Waals surface area contributed by atoms with Gasteiger partial charge in [0.15, 0.2) is 11.6 Å². The van der Waals surface area contributed by atoms with Crippen molar-refractivity contribution in [3.8, 4) is 6.07 Å². The standard InChI is InChI=1S/C24H28F3N7O3/c1-13(32-24(37)21(29)7-16-11-30-12-31-16)23(36)33-15(5-14-6-19(26)20(27)9-18(14)25)8-22(35)34-4-2-3-17(34)10-28/h6,9,11-13,15,17,21H,2-5,7-8,29H2,1H3,(H,30,31)(H,32,37)(H,33,36)/t13?,15-,17?,21?/m1/s1. The van der Waals surface area contributed by atoms with Crippen molar-refractivity contribution in [1.29, 1.82) is 5.26 Å². The summed E-state index contributed by atoms with van der Waals surface area (Å²) in [7, 11) is 0. The topological polar surface area (TPSA) is 157 Å². The average molecular weight is 520 g/mol. The van der Waals surface area contributed by atoms with Crippen LogP contribution in [0.25, 0.3) is 0 Å². The van der Waals surface area contributed by atoms with E-state index in [1.54, 1.807) is 6.20 Å². The van der Waals surface area contributed by atoms with Crippen LogP contribution in [-0.2, 0) is 27.2 Å². The molecule has 0 aliphatic carbocycles. The lowest BCUT2D eigenvalue weighted by atomic mass is 10.0. The predicted octanol–water partition coefficient (Wildman–Crippen LogP) is 0.834. The van der Waals surface area contributed by atoms with Crippen molar-refractivity contribution in [3.05, 3.63) is 53.4 Å². The molecule has 37 heavy (non-hydrogen) atoms. The number of benzene rings is 1. The number of nitrogens with zero attached hydrogens (tertiary/aromatic N) is 3. The Bertz CT molecular complexity index is 1170. The largest absolute Gasteiger partial charge is 0.351 e. The molecule has 2 aromatic rings. The van der Waals surface area contributed by atoms with Gasteiger partial charge in [0.05, 0.1) is 24.1 Å². The summed E-state index contributed by atoms with van der Waals surface area (Å²) in [6, 6.07) is -0.599. The maximum absolute atomic E-state index is 14.3. The van der Waals surface area contributed by atoms with Crippen LogP contribution in [0.15, 0.2) is 24.7 Å². The molecule has 198 valence electrons. The first-order valence-electron chi connectivity index (χ1n) is 11.8. The number of rotatable bonds is 10. The molecule has 0 radical (unpaired) electrons. The number of nitrogens with one attached hydrogen (secondary N) is 3. The molecule has 3 unspecified atom stereocenters. The van der Waals surface area contributed by atoms with Crippen molar-refractivity contribution < 1.29 is 27.6 Å². The van der Waals surface area contributed by atoms with Crippen LogP contribution in [0.1, 0.15) is 37.4 Å². The van der Waals surface area contributed by atoms with Crippen LogP contribution < -0.4 is 16.4 Å². The van der Waals surface area contributed by atoms with E-state index in [4.69, 9.17) is 5.73 Å². The minimum absolute atomic E-state index is 0.131. The fourth-order valence-electron chi connectivity index (χ4n) is 4.12. The second-order valence-corrected chi connectivity index (χ2v) is 8.95. The highest BCUT2D eigenvalue weighted by Gasteiger charge is 2.31. The number of aromatic amines is 1. The van der Waals surface area contributed by atoms with Gasteiger partial charge in [-0.05, 0) is 37.8 Å². The Morgan fingerprint density at radius 1 is 1.19 bits per heavy atom. The predicted molar refractivity (Wildman–Crippen MR) is 125 cm³/mol. The molecule has 3 rings (SSSR count). The SMILES string of the molecule is CC(NC(=O)C(N)Cc1c[nH]cn1)C(=O)N[C@@H](CC(=O)N1CCCC1C#N)Cc1cc(F)c(F)cc1F. The molecule has 1 aliphatic rings. The zero-order valence-electron chi connectivity index (χ0n) is 20.1. The highest BCUT2D eigenvalue weighted by atomic mass is 19.2. The molecule has 1 fully saturated rings. The Labute approximate surface area is 211 Å². The third-order valence-electron chi connectivity index (χ3n) is 6.12. The minimum atomic E-state index is -1.37. The summed E-state index contributed by atoms with van der Waals surface area (Å²) in [5.74, 6) is -5.43. The van der Waals surface area contributed by atoms with Crippen LogP contribution in [0.4, 0.5) is 13.2 Å². The summed E-state index contributed by atoms with van der Waals surface area (Å²) < 4.78 is 41.5. The molecule has 3 amide bonds. The number of amides is 3. The van der Waals surface area contributed by atoms with Gasteiger partial charge in [0.1, 0.15) is 17.9 Å². The molecule has 4 atom stereocenters. The maximum atomic E-state index is 14.3. The number of likely N-dealkylation sites (tertiary alicyclic amines) is 1. The van der Waals surface area contributed by atoms with E-state index in [9.17, 15) is 32.8 Å². The number of nitriles is 1. The molecule has 0 bridgehead atoms. The van der Waals surface area contributed by atoms with E-state index in [-0.39, 0.29) is 24.8 Å². The molecular formula is C24H28F3N7O3. The normalized spacial score (nSPS) is 17.5. The number of hydrogen-bond acceptors (Lipinski definition) is 6. The zero-order chi connectivity index (χ0) is 27.1. The van der Waals surface area contributed by atoms with E-state index in [1.165, 1.54) is 18.2 Å². The molecule has 1 aromatic heterocycles. The summed E-state index contributed by atoms with van der Waals surface area (Å²) in [4.78, 5) is 46.3. The summed E-state index contributed by atoms with van der Waals surface area (Å²) in [5.41, 5.74) is 6.20. The number of carbonyl (C=O) groups is 3. The second kappa shape index (κ2) is 12.4. The number of halogens is 3. The van der Waals surface area contributed by atoms with Crippen LogP contribution in [0.3, 0.4) is 0 Å². The van der Waals surface area contributed by atoms with Gasteiger partial charge < -0.3 is 26.3 Å². The molecule has 2 heterocycles. The van der Waals surface area contributed by atoms with E-state index >= 15 is 0 Å². The van der Waals surface area contributed by atoms with Gasteiger partial charge in [0.2, 0.25) is 17.7 Å². The number of carbonyl (C=O) groups excluding carboxylic acids is 3. The van der Waals surface area contributed by atoms with Gasteiger partial charge in [-0.25, -0.2) is 18.2 Å². The van der Waals surface area contributed by atoms with Gasteiger partial charge in [-0.2, -0.15) is 5.26 Å². The number of nitrogens with two attached hydrogens (primary N) is 1. The van der Waals surface area contributed by atoms with Crippen molar-refractivity contribution in [2.75, 3.05) is 6.54 Å². The summed E-state index contributed by atoms with van der Waals surface area (Å²) >= 11 is 0. The fourth-order valence-corrected chi connectivity index (χ4v) is 4.12. The molecule has 0 spiro atoms. The zero-order valence-corrected chi connectivity index (χ0v) is 20.1. The van der Waals surface area contributed by atoms with Gasteiger partial charge in [-0.15, -0.1) is 0 Å². The number of aromatic nitrogens is 2. The van der Waals surface area contributed by atoms with Gasteiger partial charge in [0.25, 0.3) is 0 Å². The Hall–Kier alpha value is -3.92. The first kappa shape index (κ1) is 27.7. The van der Waals surface area contributed by atoms with Crippen LogP contribution in [-0.4, -0.2) is 63.3 Å². The average Bonchev–Trinajstić information content (AvgIpc) is 3.54. The van der Waals surface area contributed by atoms with Crippen molar-refractivity contribution in [2.45, 2.75) is 63.2 Å². The molecule has 1 aliphatic heterocycles. The second-order valence-electron chi connectivity index (χ2n) is 8.95. The van der Waals surface area contributed by atoms with Crippen molar-refractivity contribution in [1.82, 2.24) is 25.5 Å². The van der Waals surface area contributed by atoms with E-state index in [1.807, 2.05) is 6.07 Å². The van der Waals surface area contributed by atoms with E-state index in [2.05, 4.69) is 20.6 Å². The van der Waals surface area contributed by atoms with Crippen molar-refractivity contribution >= 4 is 17.7 Å². The van der Waals surface area contributed by atoms with Crippen molar-refractivity contribution in [3.63, 3.8) is 0 Å². The summed E-state index contributed by atoms with van der Waals surface area (Å²) in [6.45, 7) is 1.76. The van der Waals surface area contributed by atoms with Crippen LogP contribution >= 0.6 is 0 Å². The van der Waals surface area contributed by atoms with Gasteiger partial charge in [0, 0.05) is 37.7 Å². The smallest absolute Gasteiger partial charge is 0.242 e. The molecule has 1 aromatic carbocycles. The Morgan fingerprint density at radius 3 is 2.59 bits per heavy atom. The number of H-pyrrole nitrogens is 1. The minimum Gasteiger partial charge on any atom is -0.351 e. The molecule has 0 saturated carbocycles. The lowest BCUT2D eigenvalue weighted by Crippen LogP contribution is -2.53. The lowest BCUT2D eigenvalue weighted by molar-refractivity contribution is -0.133. The monoisotopic (exact) mass is 519 g/mol. The molecule has 13 heteroatoms. The summed E-state index contributed by atoms with van der Waals surface area (Å²) in [5, 5.41) is 14.3. The Morgan fingerprint density at radius 2 is 1.92 bits per heavy atom. The van der Waals surface area contributed by atoms with Crippen LogP contribution in [0.5, 0.6) is 0 Å². The number of imidazole rings is 1. The third kappa shape index (κ3) is 7.29. The highest BCUT2D eigenvalue weighted by molar-refractivity contribution is 5.90. The third-order valence-corrected chi connectivity index (χ3v) is 6.12. The first-order valence-corrected chi connectivity index (χ1v) is 11.8. The van der Waals surface area contributed by atoms with E-state index < -0.39 is 59.3 Å². The highest BCUT2D eigenvalue weighted by Crippen LogP contribution is 2.20. The molecule has 5 N–H and O–H groups in total. The quantitative estimate of drug-likeness (QED) is 0.341. The summed E-state index contributed by atoms with van der Waals surface area (Å²) in [6.07, 6.45) is 3.66.